The number of hydrogen-bond acceptors (Lipinski definition) is 8. The highest BCUT2D eigenvalue weighted by molar-refractivity contribution is 5.89. The Hall–Kier alpha value is -1.51. The maximum atomic E-state index is 12.1. The van der Waals surface area contributed by atoms with Gasteiger partial charge in [0.25, 0.3) is 0 Å². The zero-order valence-electron chi connectivity index (χ0n) is 12.5. The molecule has 1 heterocycles. The monoisotopic (exact) mass is 304 g/mol. The minimum atomic E-state index is -1.20. The topological polar surface area (TPSA) is 97.4 Å². The molecular formula is C13H20O8. The first-order valence-electron chi connectivity index (χ1n) is 6.54. The smallest absolute Gasteiger partial charge is 0.303 e. The molecule has 0 radical (unpaired) electrons. The van der Waals surface area contributed by atoms with Gasteiger partial charge in [-0.05, 0) is 6.92 Å². The molecule has 8 nitrogen and oxygen atoms in total. The van der Waals surface area contributed by atoms with Crippen LogP contribution in [0, 0.1) is 0 Å². The average molecular weight is 304 g/mol. The molecule has 1 aliphatic heterocycles. The molecule has 0 amide bonds. The van der Waals surface area contributed by atoms with E-state index in [-0.39, 0.29) is 13.2 Å². The van der Waals surface area contributed by atoms with E-state index in [0.29, 0.717) is 0 Å². The molecule has 0 aromatic carbocycles. The molecule has 0 spiro atoms. The third-order valence-corrected chi connectivity index (χ3v) is 2.79. The molecule has 21 heavy (non-hydrogen) atoms. The Morgan fingerprint density at radius 2 is 1.90 bits per heavy atom. The third kappa shape index (κ3) is 4.76. The van der Waals surface area contributed by atoms with E-state index < -0.39 is 42.3 Å². The number of methoxy groups -OCH3 is 1. The fourth-order valence-electron chi connectivity index (χ4n) is 1.99. The summed E-state index contributed by atoms with van der Waals surface area (Å²) in [6, 6.07) is 0. The average Bonchev–Trinajstić information content (AvgIpc) is 2.41. The van der Waals surface area contributed by atoms with Gasteiger partial charge >= 0.3 is 11.9 Å². The van der Waals surface area contributed by atoms with E-state index in [4.69, 9.17) is 23.7 Å². The Bertz CT molecular complexity index is 394. The van der Waals surface area contributed by atoms with E-state index in [1.807, 2.05) is 0 Å². The first kappa shape index (κ1) is 17.5. The molecule has 1 aliphatic rings. The van der Waals surface area contributed by atoms with Crippen LogP contribution in [-0.2, 0) is 38.1 Å². The molecule has 0 aromatic heterocycles. The lowest BCUT2D eigenvalue weighted by Crippen LogP contribution is -2.59. The van der Waals surface area contributed by atoms with Crippen molar-refractivity contribution in [3.8, 4) is 0 Å². The molecule has 8 heteroatoms. The number of rotatable bonds is 6. The predicted octanol–water partition coefficient (Wildman–Crippen LogP) is -0.173. The van der Waals surface area contributed by atoms with Crippen LogP contribution in [-0.4, -0.2) is 62.6 Å². The second-order valence-electron chi connectivity index (χ2n) is 4.40. The highest BCUT2D eigenvalue weighted by Crippen LogP contribution is 2.24. The van der Waals surface area contributed by atoms with E-state index in [1.54, 1.807) is 6.92 Å². The zero-order valence-corrected chi connectivity index (χ0v) is 12.5. The first-order valence-corrected chi connectivity index (χ1v) is 6.54. The summed E-state index contributed by atoms with van der Waals surface area (Å²) in [5.74, 6) is -1.67. The Labute approximate surface area is 122 Å². The first-order chi connectivity index (χ1) is 9.90. The summed E-state index contributed by atoms with van der Waals surface area (Å²) in [7, 11) is 1.29. The number of ether oxygens (including phenoxy) is 5. The van der Waals surface area contributed by atoms with Gasteiger partial charge in [-0.3, -0.25) is 14.4 Å². The SMILES string of the molecule is CCO[C@H]1[C@H](OC(C)=O)C(=O)[C@H](OC)O[C@@H]1COC(C)=O. The Morgan fingerprint density at radius 1 is 1.24 bits per heavy atom. The van der Waals surface area contributed by atoms with Crippen LogP contribution in [0.15, 0.2) is 0 Å². The predicted molar refractivity (Wildman–Crippen MR) is 68.3 cm³/mol. The second-order valence-corrected chi connectivity index (χ2v) is 4.40. The summed E-state index contributed by atoms with van der Waals surface area (Å²) in [6.07, 6.45) is -4.01. The van der Waals surface area contributed by atoms with Crippen molar-refractivity contribution < 1.29 is 38.1 Å². The summed E-state index contributed by atoms with van der Waals surface area (Å²) in [6.45, 7) is 4.30. The van der Waals surface area contributed by atoms with E-state index in [0.717, 1.165) is 0 Å². The van der Waals surface area contributed by atoms with Gasteiger partial charge in [-0.15, -0.1) is 0 Å². The van der Waals surface area contributed by atoms with Gasteiger partial charge < -0.3 is 23.7 Å². The lowest BCUT2D eigenvalue weighted by atomic mass is 10.00. The van der Waals surface area contributed by atoms with Gasteiger partial charge in [0.05, 0.1) is 0 Å². The molecule has 1 saturated heterocycles. The van der Waals surface area contributed by atoms with Crippen molar-refractivity contribution in [1.29, 1.82) is 0 Å². The van der Waals surface area contributed by atoms with Gasteiger partial charge in [0.15, 0.2) is 6.10 Å². The summed E-state index contributed by atoms with van der Waals surface area (Å²) in [5, 5.41) is 0. The fourth-order valence-corrected chi connectivity index (χ4v) is 1.99. The normalized spacial score (nSPS) is 29.0. The van der Waals surface area contributed by atoms with E-state index in [9.17, 15) is 14.4 Å². The molecule has 0 bridgehead atoms. The van der Waals surface area contributed by atoms with Crippen LogP contribution in [0.5, 0.6) is 0 Å². The number of ketones is 1. The summed E-state index contributed by atoms with van der Waals surface area (Å²) in [5.41, 5.74) is 0. The number of carbonyl (C=O) groups is 3. The summed E-state index contributed by atoms with van der Waals surface area (Å²) >= 11 is 0. The van der Waals surface area contributed by atoms with Crippen molar-refractivity contribution in [2.24, 2.45) is 0 Å². The summed E-state index contributed by atoms with van der Waals surface area (Å²) in [4.78, 5) is 34.2. The number of esters is 2. The van der Waals surface area contributed by atoms with Crippen LogP contribution in [0.4, 0.5) is 0 Å². The van der Waals surface area contributed by atoms with Gasteiger partial charge in [-0.2, -0.15) is 0 Å². The van der Waals surface area contributed by atoms with Crippen LogP contribution >= 0.6 is 0 Å². The lowest BCUT2D eigenvalue weighted by molar-refractivity contribution is -0.246. The van der Waals surface area contributed by atoms with Crippen molar-refractivity contribution in [3.63, 3.8) is 0 Å². The molecule has 0 aromatic rings. The van der Waals surface area contributed by atoms with E-state index >= 15 is 0 Å². The molecule has 0 N–H and O–H groups in total. The molecule has 0 aliphatic carbocycles. The van der Waals surface area contributed by atoms with Crippen LogP contribution in [0.2, 0.25) is 0 Å². The van der Waals surface area contributed by atoms with Crippen LogP contribution in [0.25, 0.3) is 0 Å². The summed E-state index contributed by atoms with van der Waals surface area (Å²) < 4.78 is 25.7. The molecule has 120 valence electrons. The van der Waals surface area contributed by atoms with Crippen molar-refractivity contribution in [2.45, 2.75) is 45.4 Å². The number of hydrogen-bond donors (Lipinski definition) is 0. The Morgan fingerprint density at radius 3 is 2.38 bits per heavy atom. The largest absolute Gasteiger partial charge is 0.463 e. The highest BCUT2D eigenvalue weighted by atomic mass is 16.7. The maximum Gasteiger partial charge on any atom is 0.303 e. The Kier molecular flexibility index (Phi) is 6.73. The van der Waals surface area contributed by atoms with Gasteiger partial charge in [0.1, 0.15) is 18.8 Å². The number of carbonyl (C=O) groups excluding carboxylic acids is 3. The standard InChI is InChI=1S/C13H20O8/c1-5-18-11-9(6-19-7(2)14)21-13(17-4)10(16)12(11)20-8(3)15/h9,11-13H,5-6H2,1-4H3/t9-,11-,12-,13-/m1/s1. The van der Waals surface area contributed by atoms with E-state index in [2.05, 4.69) is 0 Å². The Balaban J connectivity index is 2.94. The van der Waals surface area contributed by atoms with Crippen LogP contribution in [0.3, 0.4) is 0 Å². The number of Topliss-reactive ketones (excluding diaryl/α,β-unsaturated/α-hetero) is 1. The molecule has 1 rings (SSSR count). The highest BCUT2D eigenvalue weighted by Gasteiger charge is 2.48. The molecular weight excluding hydrogens is 284 g/mol. The van der Waals surface area contributed by atoms with Gasteiger partial charge in [-0.25, -0.2) is 0 Å². The van der Waals surface area contributed by atoms with Crippen molar-refractivity contribution in [3.05, 3.63) is 0 Å². The van der Waals surface area contributed by atoms with E-state index in [1.165, 1.54) is 21.0 Å². The van der Waals surface area contributed by atoms with Crippen molar-refractivity contribution >= 4 is 17.7 Å². The molecule has 1 fully saturated rings. The molecule has 4 atom stereocenters. The molecule has 0 saturated carbocycles. The van der Waals surface area contributed by atoms with Gasteiger partial charge in [-0.1, -0.05) is 0 Å². The van der Waals surface area contributed by atoms with Gasteiger partial charge in [0, 0.05) is 27.6 Å². The minimum Gasteiger partial charge on any atom is -0.463 e. The zero-order chi connectivity index (χ0) is 16.0. The van der Waals surface area contributed by atoms with Crippen molar-refractivity contribution in [2.75, 3.05) is 20.3 Å². The quantitative estimate of drug-likeness (QED) is 0.624. The van der Waals surface area contributed by atoms with Crippen molar-refractivity contribution in [1.82, 2.24) is 0 Å². The fraction of sp³-hybridized carbons (Fsp3) is 0.769. The van der Waals surface area contributed by atoms with Crippen LogP contribution in [0.1, 0.15) is 20.8 Å². The maximum absolute atomic E-state index is 12.1. The second kappa shape index (κ2) is 8.06. The van der Waals surface area contributed by atoms with Gasteiger partial charge in [0.2, 0.25) is 12.1 Å². The lowest BCUT2D eigenvalue weighted by Gasteiger charge is -2.38. The third-order valence-electron chi connectivity index (χ3n) is 2.79. The van der Waals surface area contributed by atoms with Crippen LogP contribution < -0.4 is 0 Å². The minimum absolute atomic E-state index is 0.134. The molecule has 0 unspecified atom stereocenters.